The third-order valence-electron chi connectivity index (χ3n) is 1.99. The highest BCUT2D eigenvalue weighted by atomic mass is 32.2. The van der Waals surface area contributed by atoms with E-state index < -0.39 is 0 Å². The first kappa shape index (κ1) is 10.9. The molecule has 76 valence electrons. The van der Waals surface area contributed by atoms with E-state index in [9.17, 15) is 4.79 Å². The second-order valence-electron chi connectivity index (χ2n) is 3.33. The molecule has 0 aromatic rings. The molecule has 1 unspecified atom stereocenters. The number of thioether (sulfide) groups is 1. The topological polar surface area (TPSA) is 29.5 Å². The van der Waals surface area contributed by atoms with Gasteiger partial charge >= 0.3 is 5.97 Å². The summed E-state index contributed by atoms with van der Waals surface area (Å²) in [5.41, 5.74) is 0. The Kier molecular flexibility index (Phi) is 4.59. The minimum absolute atomic E-state index is 0.0283. The fourth-order valence-electron chi connectivity index (χ4n) is 1.47. The van der Waals surface area contributed by atoms with Gasteiger partial charge in [-0.1, -0.05) is 0 Å². The van der Waals surface area contributed by atoms with Gasteiger partial charge in [-0.3, -0.25) is 9.69 Å². The van der Waals surface area contributed by atoms with Gasteiger partial charge in [0.1, 0.15) is 6.10 Å². The molecule has 1 saturated heterocycles. The van der Waals surface area contributed by atoms with Crippen molar-refractivity contribution in [2.75, 3.05) is 31.1 Å². The van der Waals surface area contributed by atoms with Gasteiger partial charge in [0, 0.05) is 38.1 Å². The fourth-order valence-corrected chi connectivity index (χ4v) is 2.45. The van der Waals surface area contributed by atoms with Crippen LogP contribution in [0.4, 0.5) is 0 Å². The van der Waals surface area contributed by atoms with E-state index in [0.717, 1.165) is 19.6 Å². The molecule has 0 aliphatic carbocycles. The lowest BCUT2D eigenvalue weighted by Gasteiger charge is -2.28. The van der Waals surface area contributed by atoms with Gasteiger partial charge in [0.15, 0.2) is 0 Å². The third kappa shape index (κ3) is 4.52. The van der Waals surface area contributed by atoms with Crippen molar-refractivity contribution >= 4 is 17.7 Å². The SMILES string of the molecule is CC(=O)OC(C)CN1CCSCC1. The van der Waals surface area contributed by atoms with E-state index in [0.29, 0.717) is 0 Å². The van der Waals surface area contributed by atoms with E-state index in [4.69, 9.17) is 4.74 Å². The van der Waals surface area contributed by atoms with Crippen LogP contribution in [-0.2, 0) is 9.53 Å². The molecule has 1 fully saturated rings. The van der Waals surface area contributed by atoms with Gasteiger partial charge < -0.3 is 4.74 Å². The summed E-state index contributed by atoms with van der Waals surface area (Å²) < 4.78 is 5.07. The average molecular weight is 203 g/mol. The van der Waals surface area contributed by atoms with Crippen LogP contribution in [-0.4, -0.2) is 48.1 Å². The zero-order chi connectivity index (χ0) is 9.68. The Morgan fingerprint density at radius 3 is 2.69 bits per heavy atom. The number of hydrogen-bond donors (Lipinski definition) is 0. The predicted octanol–water partition coefficient (Wildman–Crippen LogP) is 0.987. The van der Waals surface area contributed by atoms with Crippen molar-refractivity contribution < 1.29 is 9.53 Å². The zero-order valence-corrected chi connectivity index (χ0v) is 9.10. The molecule has 0 bridgehead atoms. The summed E-state index contributed by atoms with van der Waals surface area (Å²) in [5, 5.41) is 0. The van der Waals surface area contributed by atoms with Gasteiger partial charge in [0.2, 0.25) is 0 Å². The van der Waals surface area contributed by atoms with Gasteiger partial charge in [0.05, 0.1) is 0 Å². The second-order valence-corrected chi connectivity index (χ2v) is 4.56. The Morgan fingerprint density at radius 2 is 2.15 bits per heavy atom. The number of ether oxygens (including phenoxy) is 1. The standard InChI is InChI=1S/C9H17NO2S/c1-8(12-9(2)11)7-10-3-5-13-6-4-10/h8H,3-7H2,1-2H3. The third-order valence-corrected chi connectivity index (χ3v) is 2.93. The van der Waals surface area contributed by atoms with Crippen LogP contribution in [0.2, 0.25) is 0 Å². The van der Waals surface area contributed by atoms with Gasteiger partial charge in [-0.2, -0.15) is 11.8 Å². The summed E-state index contributed by atoms with van der Waals surface area (Å²) in [6.45, 7) is 6.53. The van der Waals surface area contributed by atoms with Crippen molar-refractivity contribution in [2.45, 2.75) is 20.0 Å². The van der Waals surface area contributed by atoms with Crippen LogP contribution in [0, 0.1) is 0 Å². The van der Waals surface area contributed by atoms with Gasteiger partial charge in [-0.15, -0.1) is 0 Å². The highest BCUT2D eigenvalue weighted by molar-refractivity contribution is 7.99. The lowest BCUT2D eigenvalue weighted by molar-refractivity contribution is -0.146. The molecular formula is C9H17NO2S. The van der Waals surface area contributed by atoms with Crippen LogP contribution >= 0.6 is 11.8 Å². The molecule has 13 heavy (non-hydrogen) atoms. The number of rotatable bonds is 3. The summed E-state index contributed by atoms with van der Waals surface area (Å²) in [6, 6.07) is 0. The Morgan fingerprint density at radius 1 is 1.54 bits per heavy atom. The molecule has 0 spiro atoms. The molecule has 3 nitrogen and oxygen atoms in total. The van der Waals surface area contributed by atoms with Crippen molar-refractivity contribution in [1.82, 2.24) is 4.90 Å². The quantitative estimate of drug-likeness (QED) is 0.640. The highest BCUT2D eigenvalue weighted by Crippen LogP contribution is 2.09. The van der Waals surface area contributed by atoms with E-state index in [2.05, 4.69) is 4.90 Å². The molecule has 0 radical (unpaired) electrons. The molecule has 1 aliphatic rings. The summed E-state index contributed by atoms with van der Waals surface area (Å²) in [4.78, 5) is 13.0. The largest absolute Gasteiger partial charge is 0.461 e. The van der Waals surface area contributed by atoms with Crippen LogP contribution in [0.15, 0.2) is 0 Å². The second kappa shape index (κ2) is 5.50. The normalized spacial score (nSPS) is 21.1. The lowest BCUT2D eigenvalue weighted by atomic mass is 10.3. The van der Waals surface area contributed by atoms with Gasteiger partial charge in [0.25, 0.3) is 0 Å². The Balaban J connectivity index is 2.18. The molecule has 0 saturated carbocycles. The summed E-state index contributed by atoms with van der Waals surface area (Å²) in [7, 11) is 0. The Hall–Kier alpha value is -0.220. The van der Waals surface area contributed by atoms with E-state index >= 15 is 0 Å². The van der Waals surface area contributed by atoms with Crippen LogP contribution in [0.25, 0.3) is 0 Å². The van der Waals surface area contributed by atoms with Crippen LogP contribution in [0.5, 0.6) is 0 Å². The maximum absolute atomic E-state index is 10.7. The van der Waals surface area contributed by atoms with E-state index in [-0.39, 0.29) is 12.1 Å². The maximum Gasteiger partial charge on any atom is 0.302 e. The first-order chi connectivity index (χ1) is 6.18. The van der Waals surface area contributed by atoms with Crippen molar-refractivity contribution in [3.05, 3.63) is 0 Å². The molecular weight excluding hydrogens is 186 g/mol. The molecule has 0 aromatic carbocycles. The number of carbonyl (C=O) groups excluding carboxylic acids is 1. The van der Waals surface area contributed by atoms with Crippen molar-refractivity contribution in [3.63, 3.8) is 0 Å². The van der Waals surface area contributed by atoms with Crippen LogP contribution < -0.4 is 0 Å². The number of carbonyl (C=O) groups is 1. The first-order valence-corrected chi connectivity index (χ1v) is 5.81. The van der Waals surface area contributed by atoms with Crippen LogP contribution in [0.3, 0.4) is 0 Å². The molecule has 1 atom stereocenters. The monoisotopic (exact) mass is 203 g/mol. The van der Waals surface area contributed by atoms with Crippen molar-refractivity contribution in [3.8, 4) is 0 Å². The van der Waals surface area contributed by atoms with Crippen molar-refractivity contribution in [2.24, 2.45) is 0 Å². The lowest BCUT2D eigenvalue weighted by Crippen LogP contribution is -2.38. The summed E-state index contributed by atoms with van der Waals surface area (Å²) >= 11 is 1.99. The predicted molar refractivity (Wildman–Crippen MR) is 55.0 cm³/mol. The maximum atomic E-state index is 10.7. The van der Waals surface area contributed by atoms with Crippen LogP contribution in [0.1, 0.15) is 13.8 Å². The Labute approximate surface area is 83.8 Å². The fraction of sp³-hybridized carbons (Fsp3) is 0.889. The molecule has 1 rings (SSSR count). The van der Waals surface area contributed by atoms with E-state index in [1.807, 2.05) is 18.7 Å². The number of esters is 1. The molecule has 0 aromatic heterocycles. The van der Waals surface area contributed by atoms with Gasteiger partial charge in [-0.05, 0) is 6.92 Å². The van der Waals surface area contributed by atoms with Gasteiger partial charge in [-0.25, -0.2) is 0 Å². The number of hydrogen-bond acceptors (Lipinski definition) is 4. The first-order valence-electron chi connectivity index (χ1n) is 4.66. The minimum atomic E-state index is -0.182. The highest BCUT2D eigenvalue weighted by Gasteiger charge is 2.14. The number of nitrogens with zero attached hydrogens (tertiary/aromatic N) is 1. The van der Waals surface area contributed by atoms with Crippen molar-refractivity contribution in [1.29, 1.82) is 0 Å². The molecule has 1 heterocycles. The molecule has 0 N–H and O–H groups in total. The van der Waals surface area contributed by atoms with E-state index in [1.54, 1.807) is 0 Å². The molecule has 1 aliphatic heterocycles. The average Bonchev–Trinajstić information content (AvgIpc) is 2.04. The molecule has 4 heteroatoms. The minimum Gasteiger partial charge on any atom is -0.461 e. The zero-order valence-electron chi connectivity index (χ0n) is 8.28. The Bertz CT molecular complexity index is 169. The van der Waals surface area contributed by atoms with E-state index in [1.165, 1.54) is 18.4 Å². The smallest absolute Gasteiger partial charge is 0.302 e. The molecule has 0 amide bonds. The summed E-state index contributed by atoms with van der Waals surface area (Å²) in [6.07, 6.45) is 0.0283. The summed E-state index contributed by atoms with van der Waals surface area (Å²) in [5.74, 6) is 2.22.